The van der Waals surface area contributed by atoms with Gasteiger partial charge in [0.05, 0.1) is 5.92 Å². The lowest BCUT2D eigenvalue weighted by atomic mass is 9.52. The number of carbonyl (C=O) groups is 2. The van der Waals surface area contributed by atoms with Crippen LogP contribution in [0.1, 0.15) is 45.6 Å². The summed E-state index contributed by atoms with van der Waals surface area (Å²) in [4.78, 5) is 25.3. The summed E-state index contributed by atoms with van der Waals surface area (Å²) in [6, 6.07) is 6.81. The molecule has 0 bridgehead atoms. The molecule has 1 saturated carbocycles. The van der Waals surface area contributed by atoms with Gasteiger partial charge in [0.25, 0.3) is 5.60 Å². The maximum atomic E-state index is 14.2. The molecule has 2 aliphatic carbocycles. The predicted octanol–water partition coefficient (Wildman–Crippen LogP) is 4.95. The Bertz CT molecular complexity index is 959. The summed E-state index contributed by atoms with van der Waals surface area (Å²) in [7, 11) is 0.862. The van der Waals surface area contributed by atoms with Gasteiger partial charge in [0.2, 0.25) is 0 Å². The molecule has 0 spiro atoms. The second kappa shape index (κ2) is 8.15. The molecule has 8 heteroatoms. The number of benzene rings is 1. The molecule has 33 heavy (non-hydrogen) atoms. The lowest BCUT2D eigenvalue weighted by molar-refractivity contribution is -0.278. The number of fused-ring (bicyclic) bond motifs is 3. The number of methoxy groups -OCH3 is 1. The summed E-state index contributed by atoms with van der Waals surface area (Å²) in [5.41, 5.74) is -2.88. The zero-order valence-electron chi connectivity index (χ0n) is 19.1. The molecular weight excluding hydrogens is 437 g/mol. The van der Waals surface area contributed by atoms with E-state index in [1.165, 1.54) is 24.3 Å². The van der Waals surface area contributed by atoms with Crippen LogP contribution in [-0.2, 0) is 29.4 Å². The number of alkyl halides is 3. The third kappa shape index (κ3) is 3.49. The first-order valence-electron chi connectivity index (χ1n) is 11.3. The maximum absolute atomic E-state index is 14.2. The van der Waals surface area contributed by atoms with Crippen LogP contribution in [0.15, 0.2) is 42.0 Å². The fraction of sp³-hybridized carbons (Fsp3) is 0.600. The minimum atomic E-state index is -5.02. The maximum Gasteiger partial charge on any atom is 0.432 e. The van der Waals surface area contributed by atoms with Gasteiger partial charge in [-0.2, -0.15) is 13.2 Å². The normalized spacial score (nSPS) is 35.5. The van der Waals surface area contributed by atoms with Gasteiger partial charge in [0, 0.05) is 18.6 Å². The molecule has 5 nitrogen and oxygen atoms in total. The largest absolute Gasteiger partial charge is 0.462 e. The van der Waals surface area contributed by atoms with Crippen LogP contribution in [0.4, 0.5) is 13.2 Å². The second-order valence-corrected chi connectivity index (χ2v) is 9.63. The van der Waals surface area contributed by atoms with Crippen molar-refractivity contribution in [1.29, 1.82) is 0 Å². The van der Waals surface area contributed by atoms with E-state index in [2.05, 4.69) is 6.92 Å². The van der Waals surface area contributed by atoms with Crippen LogP contribution in [0.3, 0.4) is 0 Å². The van der Waals surface area contributed by atoms with Crippen molar-refractivity contribution in [2.24, 2.45) is 23.2 Å². The smallest absolute Gasteiger partial charge is 0.432 e. The van der Waals surface area contributed by atoms with Crippen molar-refractivity contribution in [3.8, 4) is 0 Å². The lowest BCUT2D eigenvalue weighted by Gasteiger charge is -2.52. The predicted molar refractivity (Wildman–Crippen MR) is 113 cm³/mol. The highest BCUT2D eigenvalue weighted by atomic mass is 19.4. The molecule has 1 aliphatic heterocycles. The lowest BCUT2D eigenvalue weighted by Crippen LogP contribution is -2.53. The molecule has 7 atom stereocenters. The van der Waals surface area contributed by atoms with Crippen molar-refractivity contribution in [1.82, 2.24) is 0 Å². The van der Waals surface area contributed by atoms with E-state index in [0.29, 0.717) is 19.3 Å². The minimum Gasteiger partial charge on any atom is -0.462 e. The highest BCUT2D eigenvalue weighted by Crippen LogP contribution is 2.59. The van der Waals surface area contributed by atoms with Crippen LogP contribution in [0, 0.1) is 23.2 Å². The van der Waals surface area contributed by atoms with Gasteiger partial charge in [-0.3, -0.25) is 4.79 Å². The summed E-state index contributed by atoms with van der Waals surface area (Å²) in [5.74, 6) is -1.97. The van der Waals surface area contributed by atoms with Crippen LogP contribution in [-0.4, -0.2) is 37.4 Å². The number of halogens is 3. The standard InChI is InChI=1S/C25H29F3O5/c1-14-12-18(13-17-10-11-19-20(23(14,17)3)15(2)21(29)33-19)32-22(30)24(31-4,25(26,27)28)16-8-6-5-7-9-16/h5-9,13-15,18-20H,10-12H2,1-4H3/t14-,15-,18-,19-,20-,23+,24-/m0/s1. The Balaban J connectivity index is 1.65. The summed E-state index contributed by atoms with van der Waals surface area (Å²) >= 11 is 0. The van der Waals surface area contributed by atoms with Crippen molar-refractivity contribution in [2.45, 2.75) is 64.0 Å². The zero-order chi connectivity index (χ0) is 24.2. The van der Waals surface area contributed by atoms with Gasteiger partial charge >= 0.3 is 18.1 Å². The average molecular weight is 466 g/mol. The van der Waals surface area contributed by atoms with Crippen molar-refractivity contribution in [3.05, 3.63) is 47.5 Å². The van der Waals surface area contributed by atoms with Gasteiger partial charge in [0.1, 0.15) is 12.2 Å². The number of hydrogen-bond acceptors (Lipinski definition) is 5. The fourth-order valence-electron chi connectivity index (χ4n) is 6.21. The molecule has 1 saturated heterocycles. The fourth-order valence-corrected chi connectivity index (χ4v) is 6.21. The molecule has 0 amide bonds. The Morgan fingerprint density at radius 1 is 1.18 bits per heavy atom. The summed E-state index contributed by atoms with van der Waals surface area (Å²) in [6.45, 7) is 5.96. The number of carbonyl (C=O) groups excluding carboxylic acids is 2. The molecule has 0 radical (unpaired) electrons. The molecule has 1 aromatic carbocycles. The first-order chi connectivity index (χ1) is 15.5. The van der Waals surface area contributed by atoms with Gasteiger partial charge in [0.15, 0.2) is 0 Å². The number of ether oxygens (including phenoxy) is 3. The highest BCUT2D eigenvalue weighted by molar-refractivity contribution is 5.83. The average Bonchev–Trinajstić information content (AvgIpc) is 3.04. The number of allylic oxidation sites excluding steroid dienone is 1. The van der Waals surface area contributed by atoms with E-state index in [1.54, 1.807) is 12.1 Å². The second-order valence-electron chi connectivity index (χ2n) is 9.63. The molecule has 0 unspecified atom stereocenters. The Labute approximate surface area is 191 Å². The van der Waals surface area contributed by atoms with Gasteiger partial charge in [-0.05, 0) is 36.7 Å². The van der Waals surface area contributed by atoms with E-state index in [9.17, 15) is 22.8 Å². The van der Waals surface area contributed by atoms with Crippen LogP contribution < -0.4 is 0 Å². The number of esters is 2. The van der Waals surface area contributed by atoms with Gasteiger partial charge in [-0.25, -0.2) is 4.79 Å². The number of rotatable bonds is 4. The molecule has 1 aromatic rings. The molecule has 1 heterocycles. The van der Waals surface area contributed by atoms with Crippen molar-refractivity contribution in [2.75, 3.05) is 7.11 Å². The SMILES string of the molecule is CO[C@](C(=O)O[C@@H]1C=C2CC[C@@H]3OC(=O)[C@@H](C)[C@@H]3[C@]2(C)[C@@H](C)C1)(c1ccccc1)C(F)(F)F. The van der Waals surface area contributed by atoms with Crippen LogP contribution in [0.5, 0.6) is 0 Å². The Hall–Kier alpha value is -2.35. The van der Waals surface area contributed by atoms with E-state index >= 15 is 0 Å². The van der Waals surface area contributed by atoms with Crippen LogP contribution in [0.2, 0.25) is 0 Å². The van der Waals surface area contributed by atoms with Crippen LogP contribution in [0.25, 0.3) is 0 Å². The minimum absolute atomic E-state index is 0.00536. The molecule has 3 aliphatic rings. The summed E-state index contributed by atoms with van der Waals surface area (Å²) in [6.07, 6.45) is -2.56. The molecule has 2 fully saturated rings. The Morgan fingerprint density at radius 2 is 1.85 bits per heavy atom. The third-order valence-electron chi connectivity index (χ3n) is 8.09. The third-order valence-corrected chi connectivity index (χ3v) is 8.09. The first-order valence-corrected chi connectivity index (χ1v) is 11.3. The molecule has 0 aromatic heterocycles. The monoisotopic (exact) mass is 466 g/mol. The molecule has 180 valence electrons. The van der Waals surface area contributed by atoms with E-state index in [0.717, 1.165) is 12.7 Å². The Morgan fingerprint density at radius 3 is 2.45 bits per heavy atom. The zero-order valence-corrected chi connectivity index (χ0v) is 19.1. The van der Waals surface area contributed by atoms with E-state index in [4.69, 9.17) is 14.2 Å². The van der Waals surface area contributed by atoms with Gasteiger partial charge in [-0.15, -0.1) is 0 Å². The molecule has 4 rings (SSSR count). The number of hydrogen-bond donors (Lipinski definition) is 0. The summed E-state index contributed by atoms with van der Waals surface area (Å²) in [5, 5.41) is 0. The van der Waals surface area contributed by atoms with E-state index in [-0.39, 0.29) is 40.8 Å². The quantitative estimate of drug-likeness (QED) is 0.464. The molecular formula is C25H29F3O5. The van der Waals surface area contributed by atoms with Crippen molar-refractivity contribution in [3.63, 3.8) is 0 Å². The van der Waals surface area contributed by atoms with Crippen molar-refractivity contribution >= 4 is 11.9 Å². The van der Waals surface area contributed by atoms with Crippen molar-refractivity contribution < 1.29 is 37.0 Å². The first kappa shape index (κ1) is 23.8. The highest BCUT2D eigenvalue weighted by Gasteiger charge is 2.65. The topological polar surface area (TPSA) is 61.8 Å². The van der Waals surface area contributed by atoms with Crippen LogP contribution >= 0.6 is 0 Å². The van der Waals surface area contributed by atoms with Gasteiger partial charge in [-0.1, -0.05) is 56.7 Å². The van der Waals surface area contributed by atoms with Gasteiger partial charge < -0.3 is 14.2 Å². The summed E-state index contributed by atoms with van der Waals surface area (Å²) < 4.78 is 58.6. The molecule has 0 N–H and O–H groups in total. The van der Waals surface area contributed by atoms with E-state index < -0.39 is 23.9 Å². The van der Waals surface area contributed by atoms with E-state index in [1.807, 2.05) is 13.8 Å². The Kier molecular flexibility index (Phi) is 5.88.